The van der Waals surface area contributed by atoms with Crippen molar-refractivity contribution in [2.45, 2.75) is 19.4 Å². The number of aromatic nitrogens is 3. The van der Waals surface area contributed by atoms with Crippen LogP contribution in [-0.2, 0) is 5.54 Å². The van der Waals surface area contributed by atoms with E-state index >= 15 is 0 Å². The smallest absolute Gasteiger partial charge is 0.246 e. The average molecular weight is 326 g/mol. The number of nitrogens with zero attached hydrogens (tertiary/aromatic N) is 4. The zero-order valence-electron chi connectivity index (χ0n) is 14.1. The molecule has 0 N–H and O–H groups in total. The molecule has 2 aromatic heterocycles. The molecule has 0 aliphatic carbocycles. The van der Waals surface area contributed by atoms with Gasteiger partial charge in [0.05, 0.1) is 5.54 Å². The highest BCUT2D eigenvalue weighted by atomic mass is 19.1. The van der Waals surface area contributed by atoms with Gasteiger partial charge in [0.25, 0.3) is 0 Å². The van der Waals surface area contributed by atoms with Crippen molar-refractivity contribution in [3.63, 3.8) is 0 Å². The molecule has 0 saturated carbocycles. The lowest BCUT2D eigenvalue weighted by molar-refractivity contribution is 0.143. The van der Waals surface area contributed by atoms with Crippen LogP contribution in [0.2, 0.25) is 0 Å². The van der Waals surface area contributed by atoms with Crippen molar-refractivity contribution in [3.8, 4) is 22.6 Å². The van der Waals surface area contributed by atoms with Gasteiger partial charge in [0.15, 0.2) is 0 Å². The van der Waals surface area contributed by atoms with Crippen molar-refractivity contribution in [2.24, 2.45) is 0 Å². The summed E-state index contributed by atoms with van der Waals surface area (Å²) in [7, 11) is 3.91. The minimum Gasteiger partial charge on any atom is -0.337 e. The molecular formula is C18H19FN4O. The summed E-state index contributed by atoms with van der Waals surface area (Å²) in [5, 5.41) is 4.02. The summed E-state index contributed by atoms with van der Waals surface area (Å²) in [6, 6.07) is 10.1. The van der Waals surface area contributed by atoms with Gasteiger partial charge in [0.2, 0.25) is 11.7 Å². The van der Waals surface area contributed by atoms with Gasteiger partial charge < -0.3 is 4.52 Å². The Morgan fingerprint density at radius 2 is 1.88 bits per heavy atom. The molecule has 0 aliphatic heterocycles. The van der Waals surface area contributed by atoms with Crippen LogP contribution < -0.4 is 0 Å². The lowest BCUT2D eigenvalue weighted by Crippen LogP contribution is -2.35. The third-order valence-corrected chi connectivity index (χ3v) is 4.22. The zero-order chi connectivity index (χ0) is 17.3. The standard InChI is InChI=1S/C18H19FN4O/c1-18(2,23(3)4)17-21-16(22-24-17)15-9-8-13(11-20-15)12-6-5-7-14(19)10-12/h5-11H,1-4H3. The lowest BCUT2D eigenvalue weighted by Gasteiger charge is -2.27. The Kier molecular flexibility index (Phi) is 4.15. The second kappa shape index (κ2) is 6.13. The van der Waals surface area contributed by atoms with E-state index in [2.05, 4.69) is 15.1 Å². The second-order valence-electron chi connectivity index (χ2n) is 6.32. The van der Waals surface area contributed by atoms with E-state index in [0.29, 0.717) is 17.4 Å². The maximum Gasteiger partial charge on any atom is 0.246 e. The molecule has 0 atom stereocenters. The lowest BCUT2D eigenvalue weighted by atomic mass is 10.0. The first-order valence-corrected chi connectivity index (χ1v) is 7.62. The fourth-order valence-corrected chi connectivity index (χ4v) is 2.13. The number of benzene rings is 1. The maximum atomic E-state index is 13.3. The van der Waals surface area contributed by atoms with Gasteiger partial charge in [-0.1, -0.05) is 23.4 Å². The first-order chi connectivity index (χ1) is 11.4. The fraction of sp³-hybridized carbons (Fsp3) is 0.278. The molecule has 0 aliphatic rings. The number of pyridine rings is 1. The molecule has 0 spiro atoms. The van der Waals surface area contributed by atoms with Crippen LogP contribution in [-0.4, -0.2) is 34.1 Å². The zero-order valence-corrected chi connectivity index (χ0v) is 14.1. The van der Waals surface area contributed by atoms with E-state index in [1.807, 2.05) is 45.0 Å². The Morgan fingerprint density at radius 1 is 1.08 bits per heavy atom. The van der Waals surface area contributed by atoms with Crippen molar-refractivity contribution in [1.29, 1.82) is 0 Å². The van der Waals surface area contributed by atoms with Gasteiger partial charge >= 0.3 is 0 Å². The van der Waals surface area contributed by atoms with Gasteiger partial charge in [-0.15, -0.1) is 0 Å². The Hall–Kier alpha value is -2.60. The van der Waals surface area contributed by atoms with Crippen LogP contribution in [0.1, 0.15) is 19.7 Å². The molecule has 3 rings (SSSR count). The van der Waals surface area contributed by atoms with Gasteiger partial charge in [-0.25, -0.2) is 4.39 Å². The van der Waals surface area contributed by atoms with Crippen LogP contribution in [0.5, 0.6) is 0 Å². The predicted octanol–water partition coefficient (Wildman–Crippen LogP) is 3.73. The Balaban J connectivity index is 1.88. The largest absolute Gasteiger partial charge is 0.337 e. The molecule has 0 saturated heterocycles. The van der Waals surface area contributed by atoms with Gasteiger partial charge in [0, 0.05) is 11.8 Å². The van der Waals surface area contributed by atoms with Gasteiger partial charge in [0.1, 0.15) is 11.5 Å². The topological polar surface area (TPSA) is 55.1 Å². The minimum absolute atomic E-state index is 0.273. The third kappa shape index (κ3) is 3.05. The van der Waals surface area contributed by atoms with E-state index in [1.54, 1.807) is 18.3 Å². The number of hydrogen-bond acceptors (Lipinski definition) is 5. The summed E-state index contributed by atoms with van der Waals surface area (Å²) < 4.78 is 18.7. The predicted molar refractivity (Wildman–Crippen MR) is 89.6 cm³/mol. The second-order valence-corrected chi connectivity index (χ2v) is 6.32. The summed E-state index contributed by atoms with van der Waals surface area (Å²) in [4.78, 5) is 10.8. The monoisotopic (exact) mass is 326 g/mol. The highest BCUT2D eigenvalue weighted by molar-refractivity contribution is 5.64. The van der Waals surface area contributed by atoms with Crippen LogP contribution >= 0.6 is 0 Å². The molecule has 0 amide bonds. The first-order valence-electron chi connectivity index (χ1n) is 7.62. The Labute approximate surface area is 140 Å². The molecular weight excluding hydrogens is 307 g/mol. The molecule has 0 unspecified atom stereocenters. The minimum atomic E-state index is -0.368. The molecule has 0 fully saturated rings. The van der Waals surface area contributed by atoms with Crippen molar-refractivity contribution >= 4 is 0 Å². The maximum absolute atomic E-state index is 13.3. The SMILES string of the molecule is CN(C)C(C)(C)c1nc(-c2ccc(-c3cccc(F)c3)cn2)no1. The van der Waals surface area contributed by atoms with Crippen LogP contribution in [0, 0.1) is 5.82 Å². The van der Waals surface area contributed by atoms with Crippen LogP contribution in [0.4, 0.5) is 4.39 Å². The summed E-state index contributed by atoms with van der Waals surface area (Å²) in [6.07, 6.45) is 1.68. The Morgan fingerprint density at radius 3 is 2.50 bits per heavy atom. The first kappa shape index (κ1) is 16.3. The van der Waals surface area contributed by atoms with Crippen molar-refractivity contribution in [1.82, 2.24) is 20.0 Å². The molecule has 6 heteroatoms. The number of hydrogen-bond donors (Lipinski definition) is 0. The number of rotatable bonds is 4. The molecule has 1 aromatic carbocycles. The average Bonchev–Trinajstić information content (AvgIpc) is 3.05. The quantitative estimate of drug-likeness (QED) is 0.731. The molecule has 0 radical (unpaired) electrons. The van der Waals surface area contributed by atoms with Crippen molar-refractivity contribution in [2.75, 3.05) is 14.1 Å². The van der Waals surface area contributed by atoms with Crippen LogP contribution in [0.25, 0.3) is 22.6 Å². The van der Waals surface area contributed by atoms with E-state index < -0.39 is 0 Å². The molecule has 5 nitrogen and oxygen atoms in total. The molecule has 3 aromatic rings. The molecule has 2 heterocycles. The highest BCUT2D eigenvalue weighted by Gasteiger charge is 2.30. The van der Waals surface area contributed by atoms with Crippen molar-refractivity contribution in [3.05, 3.63) is 54.3 Å². The molecule has 24 heavy (non-hydrogen) atoms. The third-order valence-electron chi connectivity index (χ3n) is 4.22. The van der Waals surface area contributed by atoms with Crippen molar-refractivity contribution < 1.29 is 8.91 Å². The van der Waals surface area contributed by atoms with E-state index in [9.17, 15) is 4.39 Å². The highest BCUT2D eigenvalue weighted by Crippen LogP contribution is 2.26. The summed E-state index contributed by atoms with van der Waals surface area (Å²) in [5.41, 5.74) is 1.85. The summed E-state index contributed by atoms with van der Waals surface area (Å²) in [6.45, 7) is 4.01. The van der Waals surface area contributed by atoms with E-state index in [4.69, 9.17) is 4.52 Å². The summed E-state index contributed by atoms with van der Waals surface area (Å²) in [5.74, 6) is 0.689. The van der Waals surface area contributed by atoms with Gasteiger partial charge in [-0.05, 0) is 51.7 Å². The van der Waals surface area contributed by atoms with Crippen LogP contribution in [0.3, 0.4) is 0 Å². The van der Waals surface area contributed by atoms with Gasteiger partial charge in [-0.3, -0.25) is 9.88 Å². The molecule has 124 valence electrons. The van der Waals surface area contributed by atoms with E-state index in [1.165, 1.54) is 12.1 Å². The van der Waals surface area contributed by atoms with Crippen LogP contribution in [0.15, 0.2) is 47.1 Å². The summed E-state index contributed by atoms with van der Waals surface area (Å²) >= 11 is 0. The fourth-order valence-electron chi connectivity index (χ4n) is 2.13. The normalized spacial score (nSPS) is 11.9. The van der Waals surface area contributed by atoms with E-state index in [0.717, 1.165) is 11.1 Å². The van der Waals surface area contributed by atoms with Gasteiger partial charge in [-0.2, -0.15) is 4.98 Å². The number of halogens is 1. The van der Waals surface area contributed by atoms with E-state index in [-0.39, 0.29) is 11.4 Å². The molecule has 0 bridgehead atoms. The Bertz CT molecular complexity index is 840.